The second-order valence-electron chi connectivity index (χ2n) is 7.94. The Kier molecular flexibility index (Phi) is 20.2. The fourth-order valence-electron chi connectivity index (χ4n) is 2.78. The van der Waals surface area contributed by atoms with Crippen LogP contribution in [-0.4, -0.2) is 53.8 Å². The number of ether oxygens (including phenoxy) is 2. The predicted octanol–water partition coefficient (Wildman–Crippen LogP) is 6.35. The summed E-state index contributed by atoms with van der Waals surface area (Å²) in [6.45, 7) is 16.1. The smallest absolute Gasteiger partial charge is 0.0656 e. The molecule has 0 aliphatic carbocycles. The average Bonchev–Trinajstić information content (AvgIpc) is 2.60. The summed E-state index contributed by atoms with van der Waals surface area (Å²) in [6.07, 6.45) is 10.1. The molecule has 0 aromatic carbocycles. The van der Waals surface area contributed by atoms with Crippen LogP contribution < -0.4 is 0 Å². The zero-order chi connectivity index (χ0) is 19.6. The molecule has 0 fully saturated rings. The Hall–Kier alpha value is 1.05. The van der Waals surface area contributed by atoms with Gasteiger partial charge in [0.25, 0.3) is 0 Å². The summed E-state index contributed by atoms with van der Waals surface area (Å²) in [5.41, 5.74) is 1.17. The zero-order valence-electron chi connectivity index (χ0n) is 18.4. The molecule has 0 aliphatic rings. The fraction of sp³-hybridized carbons (Fsp3) is 1.00. The lowest BCUT2D eigenvalue weighted by atomic mass is 10.3. The van der Waals surface area contributed by atoms with E-state index in [0.717, 1.165) is 13.2 Å². The maximum atomic E-state index is 6.11. The highest BCUT2D eigenvalue weighted by Crippen LogP contribution is 2.25. The highest BCUT2D eigenvalue weighted by atomic mass is 33.1. The second kappa shape index (κ2) is 19.4. The Morgan fingerprint density at radius 3 is 1.35 bits per heavy atom. The lowest BCUT2D eigenvalue weighted by molar-refractivity contribution is 0.0940. The van der Waals surface area contributed by atoms with E-state index in [4.69, 9.17) is 9.47 Å². The molecule has 0 N–H and O–H groups in total. The lowest BCUT2D eigenvalue weighted by Gasteiger charge is -2.21. The van der Waals surface area contributed by atoms with Gasteiger partial charge in [-0.1, -0.05) is 74.5 Å². The first kappa shape index (κ1) is 27.1. The van der Waals surface area contributed by atoms with Crippen molar-refractivity contribution in [1.82, 2.24) is 0 Å². The number of unbranched alkanes of at least 4 members (excludes halogenated alkanes) is 2. The molecule has 2 unspecified atom stereocenters. The van der Waals surface area contributed by atoms with E-state index in [2.05, 4.69) is 61.6 Å². The number of hydrogen-bond donors (Lipinski definition) is 0. The minimum atomic E-state index is -0.680. The molecule has 0 aromatic rings. The van der Waals surface area contributed by atoms with E-state index in [9.17, 15) is 0 Å². The van der Waals surface area contributed by atoms with Crippen molar-refractivity contribution in [3.63, 3.8) is 0 Å². The Morgan fingerprint density at radius 1 is 0.654 bits per heavy atom. The van der Waals surface area contributed by atoms with E-state index in [1.165, 1.54) is 62.9 Å². The fourth-order valence-corrected chi connectivity index (χ4v) is 7.85. The molecule has 6 heteroatoms. The zero-order valence-corrected chi connectivity index (χ0v) is 22.4. The van der Waals surface area contributed by atoms with Gasteiger partial charge in [-0.2, -0.15) is 0 Å². The summed E-state index contributed by atoms with van der Waals surface area (Å²) < 4.78 is 12.2. The highest BCUT2D eigenvalue weighted by molar-refractivity contribution is 8.76. The maximum Gasteiger partial charge on any atom is 0.0656 e. The van der Waals surface area contributed by atoms with Crippen molar-refractivity contribution in [1.29, 1.82) is 0 Å². The molecule has 0 amide bonds. The Bertz CT molecular complexity index is 267. The first-order chi connectivity index (χ1) is 12.5. The quantitative estimate of drug-likeness (QED) is 0.133. The Morgan fingerprint density at radius 2 is 1.04 bits per heavy atom. The van der Waals surface area contributed by atoms with Crippen LogP contribution >= 0.6 is 21.6 Å². The minimum Gasteiger partial charge on any atom is -0.382 e. The third-order valence-electron chi connectivity index (χ3n) is 4.66. The molecule has 0 aromatic heterocycles. The van der Waals surface area contributed by atoms with Gasteiger partial charge in [-0.15, -0.1) is 0 Å². The molecule has 0 bridgehead atoms. The molecule has 2 nitrogen and oxygen atoms in total. The Labute approximate surface area is 176 Å². The third-order valence-corrected chi connectivity index (χ3v) is 11.3. The van der Waals surface area contributed by atoms with Crippen molar-refractivity contribution in [2.24, 2.45) is 0 Å². The molecule has 0 heterocycles. The lowest BCUT2D eigenvalue weighted by Crippen LogP contribution is -2.28. The Balaban J connectivity index is 3.66. The minimum absolute atomic E-state index is 0.587. The van der Waals surface area contributed by atoms with Gasteiger partial charge in [0.15, 0.2) is 0 Å². The molecule has 0 spiro atoms. The van der Waals surface area contributed by atoms with E-state index in [1.807, 2.05) is 0 Å². The van der Waals surface area contributed by atoms with Crippen molar-refractivity contribution in [3.8, 4) is 0 Å². The van der Waals surface area contributed by atoms with Crippen molar-refractivity contribution in [2.75, 3.05) is 24.7 Å². The van der Waals surface area contributed by atoms with E-state index < -0.39 is 17.6 Å². The highest BCUT2D eigenvalue weighted by Gasteiger charge is 2.15. The predicted molar refractivity (Wildman–Crippen MR) is 130 cm³/mol. The third kappa shape index (κ3) is 16.0. The summed E-state index contributed by atoms with van der Waals surface area (Å²) in [5.74, 6) is 2.55. The van der Waals surface area contributed by atoms with Gasteiger partial charge in [0.05, 0.1) is 17.6 Å². The average molecular weight is 439 g/mol. The van der Waals surface area contributed by atoms with Crippen LogP contribution in [0.25, 0.3) is 0 Å². The van der Waals surface area contributed by atoms with Crippen molar-refractivity contribution in [2.45, 2.75) is 103 Å². The molecule has 0 rings (SSSR count). The molecule has 158 valence electrons. The number of hydrogen-bond acceptors (Lipinski definition) is 4. The molecule has 0 saturated carbocycles. The van der Waals surface area contributed by atoms with Crippen LogP contribution in [0, 0.1) is 0 Å². The molecular weight excluding hydrogens is 393 g/mol. The first-order valence-corrected chi connectivity index (χ1v) is 19.4. The van der Waals surface area contributed by atoms with Gasteiger partial charge in [-0.3, -0.25) is 0 Å². The van der Waals surface area contributed by atoms with Gasteiger partial charge in [-0.05, 0) is 38.5 Å². The van der Waals surface area contributed by atoms with Gasteiger partial charge in [0.1, 0.15) is 0 Å². The normalized spacial score (nSPS) is 14.3. The molecular formula is C20H46O2S2Si2. The van der Waals surface area contributed by atoms with Gasteiger partial charge >= 0.3 is 0 Å². The van der Waals surface area contributed by atoms with Gasteiger partial charge < -0.3 is 9.47 Å². The van der Waals surface area contributed by atoms with E-state index in [-0.39, 0.29) is 0 Å². The van der Waals surface area contributed by atoms with Crippen LogP contribution in [0.3, 0.4) is 0 Å². The first-order valence-electron chi connectivity index (χ1n) is 11.0. The standard InChI is InChI=1S/C20H46O2S2Si2/c1-7-9-15-21-19(25(3)4)13-11-17-23-24-18-12-14-20(26(5)6)22-16-10-8-2/h19-20,25-26H,7-18H2,1-6H3. The van der Waals surface area contributed by atoms with Crippen LogP contribution in [-0.2, 0) is 9.47 Å². The second-order valence-corrected chi connectivity index (χ2v) is 17.1. The van der Waals surface area contributed by atoms with Crippen LogP contribution in [0.1, 0.15) is 65.2 Å². The van der Waals surface area contributed by atoms with Crippen molar-refractivity contribution < 1.29 is 9.47 Å². The summed E-state index contributed by atoms with van der Waals surface area (Å²) >= 11 is 0. The maximum absolute atomic E-state index is 6.11. The van der Waals surface area contributed by atoms with E-state index >= 15 is 0 Å². The molecule has 26 heavy (non-hydrogen) atoms. The number of rotatable bonds is 19. The van der Waals surface area contributed by atoms with E-state index in [0.29, 0.717) is 11.5 Å². The van der Waals surface area contributed by atoms with Crippen LogP contribution in [0.15, 0.2) is 0 Å². The topological polar surface area (TPSA) is 18.5 Å². The van der Waals surface area contributed by atoms with Crippen molar-refractivity contribution >= 4 is 39.2 Å². The summed E-state index contributed by atoms with van der Waals surface area (Å²) in [6, 6.07) is 0. The van der Waals surface area contributed by atoms with Crippen LogP contribution in [0.2, 0.25) is 26.2 Å². The molecule has 2 atom stereocenters. The van der Waals surface area contributed by atoms with Gasteiger partial charge in [-0.25, -0.2) is 0 Å². The van der Waals surface area contributed by atoms with Crippen LogP contribution in [0.4, 0.5) is 0 Å². The summed E-state index contributed by atoms with van der Waals surface area (Å²) in [7, 11) is 2.77. The summed E-state index contributed by atoms with van der Waals surface area (Å²) in [4.78, 5) is 0. The SMILES string of the molecule is CCCCOC(CCCSSCCCC(OCCCC)[SiH](C)C)[SiH](C)C. The van der Waals surface area contributed by atoms with Gasteiger partial charge in [0.2, 0.25) is 0 Å². The molecule has 0 aliphatic heterocycles. The van der Waals surface area contributed by atoms with Crippen LogP contribution in [0.5, 0.6) is 0 Å². The largest absolute Gasteiger partial charge is 0.382 e. The molecule has 0 saturated heterocycles. The summed E-state index contributed by atoms with van der Waals surface area (Å²) in [5, 5.41) is 0. The van der Waals surface area contributed by atoms with Gasteiger partial charge in [0, 0.05) is 36.2 Å². The monoisotopic (exact) mass is 438 g/mol. The molecule has 0 radical (unpaired) electrons. The van der Waals surface area contributed by atoms with E-state index in [1.54, 1.807) is 0 Å². The van der Waals surface area contributed by atoms with Crippen molar-refractivity contribution in [3.05, 3.63) is 0 Å².